The van der Waals surface area contributed by atoms with E-state index in [9.17, 15) is 4.79 Å². The number of halogens is 1. The van der Waals surface area contributed by atoms with Gasteiger partial charge in [-0.1, -0.05) is 11.6 Å². The Balaban J connectivity index is 0.00000338. The first-order valence-corrected chi connectivity index (χ1v) is 9.45. The van der Waals surface area contributed by atoms with Crippen LogP contribution in [-0.4, -0.2) is 69.0 Å². The summed E-state index contributed by atoms with van der Waals surface area (Å²) < 4.78 is 10.4. The predicted molar refractivity (Wildman–Crippen MR) is 114 cm³/mol. The van der Waals surface area contributed by atoms with Crippen molar-refractivity contribution in [3.05, 3.63) is 11.6 Å². The lowest BCUT2D eigenvalue weighted by atomic mass is 10.1. The average Bonchev–Trinajstić information content (AvgIpc) is 2.63. The maximum absolute atomic E-state index is 11.8. The SMILES string of the molecule is CCNC(=NCCC1=CCOCC1)NC1CCN(C(=O)OCC)CC1.I. The number of nitrogens with zero attached hydrogens (tertiary/aromatic N) is 2. The highest BCUT2D eigenvalue weighted by Gasteiger charge is 2.24. The number of likely N-dealkylation sites (tertiary alicyclic amines) is 1. The standard InChI is InChI=1S/C18H32N4O3.HI/c1-3-19-17(20-10-5-15-8-13-24-14-9-15)21-16-6-11-22(12-7-16)18(23)25-4-2;/h8,16H,3-7,9-14H2,1-2H3,(H2,19,20,21);1H. The van der Waals surface area contributed by atoms with Gasteiger partial charge in [-0.05, 0) is 39.5 Å². The summed E-state index contributed by atoms with van der Waals surface area (Å²) in [6.45, 7) is 8.96. The number of hydrogen-bond donors (Lipinski definition) is 2. The first kappa shape index (κ1) is 23.0. The molecule has 7 nitrogen and oxygen atoms in total. The van der Waals surface area contributed by atoms with E-state index in [-0.39, 0.29) is 30.1 Å². The lowest BCUT2D eigenvalue weighted by Crippen LogP contribution is -2.49. The largest absolute Gasteiger partial charge is 0.450 e. The molecule has 1 amide bonds. The summed E-state index contributed by atoms with van der Waals surface area (Å²) in [5, 5.41) is 6.81. The average molecular weight is 480 g/mol. The van der Waals surface area contributed by atoms with Crippen LogP contribution in [0.2, 0.25) is 0 Å². The van der Waals surface area contributed by atoms with Gasteiger partial charge in [-0.15, -0.1) is 24.0 Å². The minimum atomic E-state index is -0.203. The van der Waals surface area contributed by atoms with E-state index in [1.807, 2.05) is 6.92 Å². The van der Waals surface area contributed by atoms with Crippen LogP contribution in [0.3, 0.4) is 0 Å². The maximum atomic E-state index is 11.8. The number of rotatable bonds is 6. The zero-order valence-electron chi connectivity index (χ0n) is 16.0. The number of hydrogen-bond acceptors (Lipinski definition) is 4. The Bertz CT molecular complexity index is 477. The molecule has 0 atom stereocenters. The van der Waals surface area contributed by atoms with Crippen LogP contribution in [-0.2, 0) is 9.47 Å². The highest BCUT2D eigenvalue weighted by atomic mass is 127. The molecule has 0 aromatic rings. The Kier molecular flexibility index (Phi) is 11.7. The van der Waals surface area contributed by atoms with Crippen LogP contribution in [0.15, 0.2) is 16.6 Å². The lowest BCUT2D eigenvalue weighted by molar-refractivity contribution is 0.0963. The van der Waals surface area contributed by atoms with E-state index in [0.29, 0.717) is 12.6 Å². The van der Waals surface area contributed by atoms with Crippen LogP contribution in [0.4, 0.5) is 4.79 Å². The van der Waals surface area contributed by atoms with Gasteiger partial charge in [-0.25, -0.2) is 4.79 Å². The van der Waals surface area contributed by atoms with Gasteiger partial charge in [-0.2, -0.15) is 0 Å². The molecule has 1 fully saturated rings. The number of ether oxygens (including phenoxy) is 2. The fourth-order valence-corrected chi connectivity index (χ4v) is 3.04. The van der Waals surface area contributed by atoms with E-state index < -0.39 is 0 Å². The predicted octanol–water partition coefficient (Wildman–Crippen LogP) is 2.52. The molecule has 2 N–H and O–H groups in total. The Morgan fingerprint density at radius 2 is 2.15 bits per heavy atom. The van der Waals surface area contributed by atoms with E-state index in [2.05, 4.69) is 23.6 Å². The third-order valence-corrected chi connectivity index (χ3v) is 4.47. The quantitative estimate of drug-likeness (QED) is 0.265. The van der Waals surface area contributed by atoms with Crippen molar-refractivity contribution in [1.82, 2.24) is 15.5 Å². The van der Waals surface area contributed by atoms with Crippen molar-refractivity contribution in [2.75, 3.05) is 46.0 Å². The molecule has 0 bridgehead atoms. The second-order valence-corrected chi connectivity index (χ2v) is 6.30. The number of nitrogens with one attached hydrogen (secondary N) is 2. The van der Waals surface area contributed by atoms with E-state index in [1.165, 1.54) is 5.57 Å². The highest BCUT2D eigenvalue weighted by Crippen LogP contribution is 2.13. The highest BCUT2D eigenvalue weighted by molar-refractivity contribution is 14.0. The summed E-state index contributed by atoms with van der Waals surface area (Å²) in [5.74, 6) is 0.866. The van der Waals surface area contributed by atoms with Crippen molar-refractivity contribution in [3.63, 3.8) is 0 Å². The summed E-state index contributed by atoms with van der Waals surface area (Å²) in [6, 6.07) is 0.339. The molecule has 1 saturated heterocycles. The van der Waals surface area contributed by atoms with Crippen molar-refractivity contribution in [2.24, 2.45) is 4.99 Å². The Morgan fingerprint density at radius 3 is 2.77 bits per heavy atom. The molecule has 150 valence electrons. The van der Waals surface area contributed by atoms with Gasteiger partial charge in [0.25, 0.3) is 0 Å². The van der Waals surface area contributed by atoms with Crippen LogP contribution in [0.5, 0.6) is 0 Å². The molecule has 2 heterocycles. The molecule has 0 aromatic heterocycles. The van der Waals surface area contributed by atoms with Gasteiger partial charge < -0.3 is 25.0 Å². The molecule has 26 heavy (non-hydrogen) atoms. The second-order valence-electron chi connectivity index (χ2n) is 6.30. The molecule has 0 aromatic carbocycles. The Hall–Kier alpha value is -1.03. The molecule has 2 rings (SSSR count). The van der Waals surface area contributed by atoms with E-state index >= 15 is 0 Å². The van der Waals surface area contributed by atoms with Crippen molar-refractivity contribution < 1.29 is 14.3 Å². The first-order valence-electron chi connectivity index (χ1n) is 9.45. The Morgan fingerprint density at radius 1 is 1.38 bits per heavy atom. The summed E-state index contributed by atoms with van der Waals surface area (Å²) in [7, 11) is 0. The molecule has 0 aliphatic carbocycles. The smallest absolute Gasteiger partial charge is 0.409 e. The number of amides is 1. The van der Waals surface area contributed by atoms with Crippen molar-refractivity contribution in [2.45, 2.75) is 45.6 Å². The van der Waals surface area contributed by atoms with Gasteiger partial charge in [0, 0.05) is 32.2 Å². The molecule has 8 heteroatoms. The van der Waals surface area contributed by atoms with Gasteiger partial charge in [-0.3, -0.25) is 4.99 Å². The van der Waals surface area contributed by atoms with Gasteiger partial charge in [0.15, 0.2) is 5.96 Å². The second kappa shape index (κ2) is 13.2. The molecule has 0 spiro atoms. The minimum absolute atomic E-state index is 0. The molecule has 2 aliphatic heterocycles. The van der Waals surface area contributed by atoms with Crippen molar-refractivity contribution in [1.29, 1.82) is 0 Å². The number of carbonyl (C=O) groups is 1. The minimum Gasteiger partial charge on any atom is -0.450 e. The van der Waals surface area contributed by atoms with Gasteiger partial charge in [0.1, 0.15) is 0 Å². The normalized spacial score (nSPS) is 18.6. The molecule has 0 unspecified atom stereocenters. The zero-order chi connectivity index (χ0) is 17.9. The number of carbonyl (C=O) groups excluding carboxylic acids is 1. The van der Waals surface area contributed by atoms with Crippen molar-refractivity contribution in [3.8, 4) is 0 Å². The molecular formula is C18H33IN4O3. The van der Waals surface area contributed by atoms with Crippen LogP contribution >= 0.6 is 24.0 Å². The van der Waals surface area contributed by atoms with E-state index in [4.69, 9.17) is 14.5 Å². The third-order valence-electron chi connectivity index (χ3n) is 4.47. The van der Waals surface area contributed by atoms with E-state index in [0.717, 1.165) is 71.0 Å². The van der Waals surface area contributed by atoms with Crippen LogP contribution in [0.1, 0.15) is 39.5 Å². The van der Waals surface area contributed by atoms with Gasteiger partial charge >= 0.3 is 6.09 Å². The summed E-state index contributed by atoms with van der Waals surface area (Å²) in [5.41, 5.74) is 1.44. The summed E-state index contributed by atoms with van der Waals surface area (Å²) in [4.78, 5) is 18.2. The number of piperidine rings is 1. The van der Waals surface area contributed by atoms with Gasteiger partial charge in [0.2, 0.25) is 0 Å². The van der Waals surface area contributed by atoms with Crippen LogP contribution in [0.25, 0.3) is 0 Å². The maximum Gasteiger partial charge on any atom is 0.409 e. The third kappa shape index (κ3) is 8.11. The summed E-state index contributed by atoms with van der Waals surface area (Å²) >= 11 is 0. The topological polar surface area (TPSA) is 75.2 Å². The fourth-order valence-electron chi connectivity index (χ4n) is 3.04. The van der Waals surface area contributed by atoms with Crippen molar-refractivity contribution >= 4 is 36.0 Å². The number of aliphatic imine (C=N–C) groups is 1. The fraction of sp³-hybridized carbons (Fsp3) is 0.778. The van der Waals surface area contributed by atoms with Crippen LogP contribution in [0, 0.1) is 0 Å². The lowest BCUT2D eigenvalue weighted by Gasteiger charge is -2.32. The Labute approximate surface area is 174 Å². The van der Waals surface area contributed by atoms with Crippen LogP contribution < -0.4 is 10.6 Å². The molecule has 0 radical (unpaired) electrons. The van der Waals surface area contributed by atoms with E-state index in [1.54, 1.807) is 4.90 Å². The first-order chi connectivity index (χ1) is 12.2. The summed E-state index contributed by atoms with van der Waals surface area (Å²) in [6.07, 6.45) is 5.79. The monoisotopic (exact) mass is 480 g/mol. The number of guanidine groups is 1. The zero-order valence-corrected chi connectivity index (χ0v) is 18.3. The van der Waals surface area contributed by atoms with Gasteiger partial charge in [0.05, 0.1) is 19.8 Å². The molecule has 2 aliphatic rings. The molecular weight excluding hydrogens is 447 g/mol. The molecule has 0 saturated carbocycles.